The zero-order valence-corrected chi connectivity index (χ0v) is 11.5. The zero-order chi connectivity index (χ0) is 12.5. The number of fused-ring (bicyclic) bond motifs is 1. The van der Waals surface area contributed by atoms with Gasteiger partial charge in [0.1, 0.15) is 0 Å². The molecule has 0 amide bonds. The molecule has 0 spiro atoms. The molecule has 1 N–H and O–H groups in total. The number of para-hydroxylation sites is 1. The van der Waals surface area contributed by atoms with Crippen molar-refractivity contribution in [3.05, 3.63) is 29.8 Å². The molecule has 2 aliphatic heterocycles. The van der Waals surface area contributed by atoms with E-state index in [0.717, 1.165) is 18.5 Å². The lowest BCUT2D eigenvalue weighted by atomic mass is 9.98. The Balaban J connectivity index is 1.71. The minimum absolute atomic E-state index is 0.681. The highest BCUT2D eigenvalue weighted by Crippen LogP contribution is 2.34. The van der Waals surface area contributed by atoms with Crippen molar-refractivity contribution in [3.63, 3.8) is 0 Å². The summed E-state index contributed by atoms with van der Waals surface area (Å²) in [5.74, 6) is 1.47. The van der Waals surface area contributed by atoms with Crippen molar-refractivity contribution in [2.24, 2.45) is 5.92 Å². The van der Waals surface area contributed by atoms with Crippen LogP contribution >= 0.6 is 0 Å². The summed E-state index contributed by atoms with van der Waals surface area (Å²) in [5.41, 5.74) is 2.87. The van der Waals surface area contributed by atoms with Crippen molar-refractivity contribution in [1.29, 1.82) is 0 Å². The van der Waals surface area contributed by atoms with Gasteiger partial charge in [0.05, 0.1) is 0 Å². The molecule has 2 heterocycles. The van der Waals surface area contributed by atoms with E-state index in [1.807, 2.05) is 0 Å². The number of hydrogen-bond donors (Lipinski definition) is 1. The van der Waals surface area contributed by atoms with Gasteiger partial charge in [0, 0.05) is 30.7 Å². The van der Waals surface area contributed by atoms with Crippen LogP contribution < -0.4 is 5.32 Å². The Kier molecular flexibility index (Phi) is 3.29. The van der Waals surface area contributed by atoms with Gasteiger partial charge in [-0.15, -0.1) is 0 Å². The molecule has 1 aromatic rings. The Bertz CT molecular complexity index is 413. The quantitative estimate of drug-likeness (QED) is 0.877. The number of benzene rings is 1. The number of nitrogens with zero attached hydrogens (tertiary/aromatic N) is 1. The topological polar surface area (TPSA) is 15.3 Å². The second kappa shape index (κ2) is 4.93. The van der Waals surface area contributed by atoms with Crippen LogP contribution in [0.2, 0.25) is 0 Å². The van der Waals surface area contributed by atoms with Crippen molar-refractivity contribution < 1.29 is 0 Å². The molecular weight excluding hydrogens is 220 g/mol. The molecule has 1 saturated heterocycles. The van der Waals surface area contributed by atoms with E-state index in [1.54, 1.807) is 0 Å². The summed E-state index contributed by atoms with van der Waals surface area (Å²) in [6.45, 7) is 8.36. The Hall–Kier alpha value is -1.02. The van der Waals surface area contributed by atoms with Crippen molar-refractivity contribution in [2.45, 2.75) is 38.6 Å². The Morgan fingerprint density at radius 1 is 1.33 bits per heavy atom. The molecule has 2 aliphatic rings. The summed E-state index contributed by atoms with van der Waals surface area (Å²) in [5, 5.41) is 3.54. The third kappa shape index (κ3) is 2.14. The van der Waals surface area contributed by atoms with Gasteiger partial charge >= 0.3 is 0 Å². The Morgan fingerprint density at radius 2 is 2.17 bits per heavy atom. The fourth-order valence-corrected chi connectivity index (χ4v) is 3.64. The lowest BCUT2D eigenvalue weighted by Crippen LogP contribution is -2.36. The summed E-state index contributed by atoms with van der Waals surface area (Å²) in [7, 11) is 0. The minimum atomic E-state index is 0.681. The predicted octanol–water partition coefficient (Wildman–Crippen LogP) is 3.32. The average molecular weight is 244 g/mol. The molecule has 0 bridgehead atoms. The van der Waals surface area contributed by atoms with E-state index in [4.69, 9.17) is 0 Å². The maximum absolute atomic E-state index is 3.54. The summed E-state index contributed by atoms with van der Waals surface area (Å²) >= 11 is 0. The van der Waals surface area contributed by atoms with Crippen molar-refractivity contribution in [3.8, 4) is 0 Å². The molecule has 3 rings (SSSR count). The van der Waals surface area contributed by atoms with Crippen LogP contribution in [0.1, 0.15) is 38.2 Å². The van der Waals surface area contributed by atoms with Crippen molar-refractivity contribution in [2.75, 3.05) is 25.0 Å². The molecule has 0 aliphatic carbocycles. The first kappa shape index (κ1) is 12.0. The van der Waals surface area contributed by atoms with Crippen LogP contribution in [0, 0.1) is 5.92 Å². The molecule has 0 radical (unpaired) electrons. The fraction of sp³-hybridized carbons (Fsp3) is 0.625. The van der Waals surface area contributed by atoms with Gasteiger partial charge in [-0.1, -0.05) is 32.0 Å². The number of likely N-dealkylation sites (tertiary alicyclic amines) is 1. The second-order valence-corrected chi connectivity index (χ2v) is 6.11. The molecule has 98 valence electrons. The van der Waals surface area contributed by atoms with E-state index in [2.05, 4.69) is 48.3 Å². The van der Waals surface area contributed by atoms with Gasteiger partial charge < -0.3 is 5.32 Å². The zero-order valence-electron chi connectivity index (χ0n) is 11.5. The van der Waals surface area contributed by atoms with Crippen molar-refractivity contribution in [1.82, 2.24) is 4.90 Å². The Labute approximate surface area is 110 Å². The van der Waals surface area contributed by atoms with E-state index in [0.29, 0.717) is 5.92 Å². The largest absolute Gasteiger partial charge is 0.384 e. The van der Waals surface area contributed by atoms with Gasteiger partial charge in [-0.3, -0.25) is 4.90 Å². The fourth-order valence-electron chi connectivity index (χ4n) is 3.64. The predicted molar refractivity (Wildman–Crippen MR) is 77.1 cm³/mol. The molecule has 1 aromatic carbocycles. The SMILES string of the molecule is CC(C)C1CCCN1CC1CNc2ccccc21. The number of rotatable bonds is 3. The number of nitrogens with one attached hydrogen (secondary N) is 1. The monoisotopic (exact) mass is 244 g/mol. The van der Waals surface area contributed by atoms with Crippen LogP contribution in [-0.2, 0) is 0 Å². The van der Waals surface area contributed by atoms with Crippen LogP contribution in [-0.4, -0.2) is 30.6 Å². The first-order chi connectivity index (χ1) is 8.75. The van der Waals surface area contributed by atoms with Gasteiger partial charge in [-0.2, -0.15) is 0 Å². The molecule has 2 nitrogen and oxygen atoms in total. The lowest BCUT2D eigenvalue weighted by Gasteiger charge is -2.29. The summed E-state index contributed by atoms with van der Waals surface area (Å²) < 4.78 is 0. The van der Waals surface area contributed by atoms with Gasteiger partial charge in [0.15, 0.2) is 0 Å². The van der Waals surface area contributed by atoms with Gasteiger partial charge in [0.25, 0.3) is 0 Å². The molecule has 0 aromatic heterocycles. The average Bonchev–Trinajstić information content (AvgIpc) is 2.97. The molecule has 2 atom stereocenters. The standard InChI is InChI=1S/C16H24N2/c1-12(2)16-8-5-9-18(16)11-13-10-17-15-7-4-3-6-14(13)15/h3-4,6-7,12-13,16-17H,5,8-11H2,1-2H3. The van der Waals surface area contributed by atoms with Crippen LogP contribution in [0.15, 0.2) is 24.3 Å². The Morgan fingerprint density at radius 3 is 3.00 bits per heavy atom. The molecule has 2 heteroatoms. The number of hydrogen-bond acceptors (Lipinski definition) is 2. The third-order valence-corrected chi connectivity index (χ3v) is 4.58. The highest BCUT2D eigenvalue weighted by Gasteiger charge is 2.31. The summed E-state index contributed by atoms with van der Waals surface area (Å²) in [6, 6.07) is 9.60. The third-order valence-electron chi connectivity index (χ3n) is 4.58. The van der Waals surface area contributed by atoms with Gasteiger partial charge in [-0.05, 0) is 36.9 Å². The summed E-state index contributed by atoms with van der Waals surface area (Å²) in [4.78, 5) is 2.72. The minimum Gasteiger partial charge on any atom is -0.384 e. The van der Waals surface area contributed by atoms with Crippen LogP contribution in [0.4, 0.5) is 5.69 Å². The highest BCUT2D eigenvalue weighted by molar-refractivity contribution is 5.57. The van der Waals surface area contributed by atoms with Crippen LogP contribution in [0.5, 0.6) is 0 Å². The van der Waals surface area contributed by atoms with Crippen molar-refractivity contribution >= 4 is 5.69 Å². The molecule has 1 fully saturated rings. The van der Waals surface area contributed by atoms with E-state index in [-0.39, 0.29) is 0 Å². The first-order valence-corrected chi connectivity index (χ1v) is 7.32. The molecular formula is C16H24N2. The van der Waals surface area contributed by atoms with Gasteiger partial charge in [0.2, 0.25) is 0 Å². The smallest absolute Gasteiger partial charge is 0.0376 e. The molecule has 2 unspecified atom stereocenters. The van der Waals surface area contributed by atoms with Gasteiger partial charge in [-0.25, -0.2) is 0 Å². The lowest BCUT2D eigenvalue weighted by molar-refractivity contribution is 0.198. The van der Waals surface area contributed by atoms with E-state index >= 15 is 0 Å². The second-order valence-electron chi connectivity index (χ2n) is 6.11. The van der Waals surface area contributed by atoms with E-state index in [9.17, 15) is 0 Å². The molecule has 0 saturated carbocycles. The van der Waals surface area contributed by atoms with Crippen LogP contribution in [0.3, 0.4) is 0 Å². The van der Waals surface area contributed by atoms with Crippen LogP contribution in [0.25, 0.3) is 0 Å². The normalized spacial score (nSPS) is 27.5. The maximum atomic E-state index is 3.54. The highest BCUT2D eigenvalue weighted by atomic mass is 15.2. The number of anilines is 1. The van der Waals surface area contributed by atoms with E-state index in [1.165, 1.54) is 37.2 Å². The maximum Gasteiger partial charge on any atom is 0.0376 e. The first-order valence-electron chi connectivity index (χ1n) is 7.32. The summed E-state index contributed by atoms with van der Waals surface area (Å²) in [6.07, 6.45) is 2.77. The van der Waals surface area contributed by atoms with E-state index < -0.39 is 0 Å². The molecule has 18 heavy (non-hydrogen) atoms.